The van der Waals surface area contributed by atoms with Gasteiger partial charge in [-0.1, -0.05) is 79.2 Å². The fourth-order valence-electron chi connectivity index (χ4n) is 6.87. The Morgan fingerprint density at radius 2 is 1.66 bits per heavy atom. The third-order valence-corrected chi connectivity index (χ3v) is 8.89. The molecule has 0 aliphatic carbocycles. The van der Waals surface area contributed by atoms with Crippen LogP contribution >= 0.6 is 11.6 Å². The van der Waals surface area contributed by atoms with E-state index in [9.17, 15) is 14.4 Å². The number of hydrogen-bond donors (Lipinski definition) is 0. The van der Waals surface area contributed by atoms with Crippen molar-refractivity contribution in [3.8, 4) is 0 Å². The van der Waals surface area contributed by atoms with Gasteiger partial charge in [-0.05, 0) is 72.5 Å². The van der Waals surface area contributed by atoms with Crippen LogP contribution in [0.3, 0.4) is 0 Å². The number of ketones is 1. The van der Waals surface area contributed by atoms with Crippen LogP contribution in [-0.4, -0.2) is 17.2 Å². The van der Waals surface area contributed by atoms with Gasteiger partial charge in [0, 0.05) is 26.9 Å². The fourth-order valence-corrected chi connectivity index (χ4v) is 6.99. The number of carbonyl (C=O) groups is 2. The largest absolute Gasteiger partial charge is 0.422 e. The molecule has 5 nitrogen and oxygen atoms in total. The van der Waals surface area contributed by atoms with Crippen LogP contribution < -0.4 is 10.5 Å². The van der Waals surface area contributed by atoms with Crippen molar-refractivity contribution in [1.82, 2.24) is 0 Å². The highest BCUT2D eigenvalue weighted by atomic mass is 35.5. The van der Waals surface area contributed by atoms with Gasteiger partial charge in [0.1, 0.15) is 11.1 Å². The minimum Gasteiger partial charge on any atom is -0.422 e. The number of nitrogens with zero attached hydrogens (tertiary/aromatic N) is 1. The molecule has 0 saturated heterocycles. The fraction of sp³-hybridized carbons (Fsp3) is 0.171. The summed E-state index contributed by atoms with van der Waals surface area (Å²) in [5, 5.41) is 3.18. The topological polar surface area (TPSA) is 67.6 Å². The Kier molecular flexibility index (Phi) is 5.44. The Bertz CT molecular complexity index is 2040. The summed E-state index contributed by atoms with van der Waals surface area (Å²) in [6, 6.07) is 26.6. The number of hydrogen-bond acceptors (Lipinski definition) is 4. The summed E-state index contributed by atoms with van der Waals surface area (Å²) in [5.41, 5.74) is 2.51. The maximum Gasteiger partial charge on any atom is 0.347 e. The smallest absolute Gasteiger partial charge is 0.347 e. The van der Waals surface area contributed by atoms with Gasteiger partial charge < -0.3 is 9.32 Å². The molecular weight excluding hydrogens is 534 g/mol. The highest BCUT2D eigenvalue weighted by Crippen LogP contribution is 2.56. The van der Waals surface area contributed by atoms with Crippen molar-refractivity contribution in [2.75, 3.05) is 4.90 Å². The third kappa shape index (κ3) is 3.72. The number of anilines is 1. The van der Waals surface area contributed by atoms with Gasteiger partial charge in [0.15, 0.2) is 5.78 Å². The van der Waals surface area contributed by atoms with Crippen molar-refractivity contribution in [3.63, 3.8) is 0 Å². The average molecular weight is 560 g/mol. The molecule has 0 N–H and O–H groups in total. The van der Waals surface area contributed by atoms with Crippen LogP contribution in [0.25, 0.3) is 27.3 Å². The van der Waals surface area contributed by atoms with Crippen molar-refractivity contribution in [2.45, 2.75) is 38.1 Å². The minimum atomic E-state index is -0.731. The van der Waals surface area contributed by atoms with Crippen molar-refractivity contribution >= 4 is 56.3 Å². The molecule has 0 spiro atoms. The first-order chi connectivity index (χ1) is 19.6. The van der Waals surface area contributed by atoms with E-state index in [0.717, 1.165) is 27.6 Å². The molecule has 0 bridgehead atoms. The van der Waals surface area contributed by atoms with Gasteiger partial charge in [-0.2, -0.15) is 0 Å². The summed E-state index contributed by atoms with van der Waals surface area (Å²) in [5.74, 6) is -0.813. The molecule has 1 amide bonds. The van der Waals surface area contributed by atoms with E-state index in [-0.39, 0.29) is 17.0 Å². The Morgan fingerprint density at radius 3 is 2.44 bits per heavy atom. The average Bonchev–Trinajstić information content (AvgIpc) is 3.23. The van der Waals surface area contributed by atoms with Crippen LogP contribution in [0.15, 0.2) is 100 Å². The molecule has 1 aromatic heterocycles. The summed E-state index contributed by atoms with van der Waals surface area (Å²) in [6.07, 6.45) is 1.97. The zero-order chi connectivity index (χ0) is 28.7. The second-order valence-corrected chi connectivity index (χ2v) is 12.2. The third-order valence-electron chi connectivity index (χ3n) is 8.63. The molecule has 1 atom stereocenters. The van der Waals surface area contributed by atoms with E-state index in [4.69, 9.17) is 16.0 Å². The molecule has 7 rings (SSSR count). The molecule has 5 aromatic rings. The van der Waals surface area contributed by atoms with Gasteiger partial charge in [-0.3, -0.25) is 9.59 Å². The monoisotopic (exact) mass is 559 g/mol. The number of carbonyl (C=O) groups excluding carboxylic acids is 2. The van der Waals surface area contributed by atoms with Crippen LogP contribution in [0.4, 0.5) is 5.69 Å². The van der Waals surface area contributed by atoms with Crippen molar-refractivity contribution in [2.24, 2.45) is 0 Å². The standard InChI is InChI=1S/C35H26ClNO4/c1-34(2)19-35(3,21-12-14-22(36)15-13-21)28-10-6-9-24-26(32(39)37(34)31(24)28)18-29(38)27-17-25-23-8-5-4-7-20(23)11-16-30(25)41-33(27)40/h4-18H,19H2,1-3H3/b26-18+. The molecule has 6 heteroatoms. The van der Waals surface area contributed by atoms with Crippen LogP contribution in [0.2, 0.25) is 5.02 Å². The van der Waals surface area contributed by atoms with Gasteiger partial charge in [0.2, 0.25) is 0 Å². The molecule has 0 radical (unpaired) electrons. The summed E-state index contributed by atoms with van der Waals surface area (Å²) in [4.78, 5) is 42.4. The Labute approximate surface area is 241 Å². The predicted octanol–water partition coefficient (Wildman–Crippen LogP) is 7.70. The van der Waals surface area contributed by atoms with Gasteiger partial charge in [-0.25, -0.2) is 4.79 Å². The van der Waals surface area contributed by atoms with E-state index in [0.29, 0.717) is 28.0 Å². The molecule has 3 heterocycles. The van der Waals surface area contributed by atoms with Crippen molar-refractivity contribution in [3.05, 3.63) is 129 Å². The predicted molar refractivity (Wildman–Crippen MR) is 163 cm³/mol. The van der Waals surface area contributed by atoms with E-state index < -0.39 is 22.4 Å². The second-order valence-electron chi connectivity index (χ2n) is 11.7. The maximum absolute atomic E-state index is 14.0. The van der Waals surface area contributed by atoms with Gasteiger partial charge in [0.25, 0.3) is 5.91 Å². The summed E-state index contributed by atoms with van der Waals surface area (Å²) in [7, 11) is 0. The zero-order valence-corrected chi connectivity index (χ0v) is 23.6. The molecule has 1 unspecified atom stereocenters. The summed E-state index contributed by atoms with van der Waals surface area (Å²) >= 11 is 6.20. The quantitative estimate of drug-likeness (QED) is 0.0983. The lowest BCUT2D eigenvalue weighted by atomic mass is 9.65. The molecule has 41 heavy (non-hydrogen) atoms. The highest BCUT2D eigenvalue weighted by Gasteiger charge is 2.52. The molecule has 2 aliphatic heterocycles. The Hall–Kier alpha value is -4.48. The van der Waals surface area contributed by atoms with E-state index in [2.05, 4.69) is 13.0 Å². The van der Waals surface area contributed by atoms with Crippen LogP contribution in [0.5, 0.6) is 0 Å². The summed E-state index contributed by atoms with van der Waals surface area (Å²) < 4.78 is 5.56. The normalized spacial score (nSPS) is 20.1. The second kappa shape index (κ2) is 8.76. The summed E-state index contributed by atoms with van der Waals surface area (Å²) in [6.45, 7) is 6.28. The number of halogens is 1. The first-order valence-corrected chi connectivity index (χ1v) is 13.9. The molecule has 2 aliphatic rings. The lowest BCUT2D eigenvalue weighted by molar-refractivity contribution is -0.114. The van der Waals surface area contributed by atoms with E-state index >= 15 is 0 Å². The number of allylic oxidation sites excluding steroid dienone is 1. The molecule has 0 fully saturated rings. The number of benzene rings is 4. The number of rotatable bonds is 3. The van der Waals surface area contributed by atoms with Crippen LogP contribution in [0, 0.1) is 0 Å². The van der Waals surface area contributed by atoms with Crippen molar-refractivity contribution in [1.29, 1.82) is 0 Å². The molecule has 202 valence electrons. The molecular formula is C35H26ClNO4. The maximum atomic E-state index is 14.0. The Morgan fingerprint density at radius 1 is 0.902 bits per heavy atom. The minimum absolute atomic E-state index is 0.106. The zero-order valence-electron chi connectivity index (χ0n) is 22.8. The first-order valence-electron chi connectivity index (χ1n) is 13.5. The molecule has 4 aromatic carbocycles. The highest BCUT2D eigenvalue weighted by molar-refractivity contribution is 6.37. The van der Waals surface area contributed by atoms with E-state index in [1.807, 2.05) is 85.5 Å². The number of fused-ring (bicyclic) bond motifs is 3. The lowest BCUT2D eigenvalue weighted by Gasteiger charge is -2.49. The number of amides is 1. The van der Waals surface area contributed by atoms with E-state index in [1.54, 1.807) is 12.1 Å². The van der Waals surface area contributed by atoms with Crippen LogP contribution in [-0.2, 0) is 10.2 Å². The van der Waals surface area contributed by atoms with E-state index in [1.165, 1.54) is 6.08 Å². The van der Waals surface area contributed by atoms with Gasteiger partial charge >= 0.3 is 5.63 Å². The Balaban J connectivity index is 1.39. The van der Waals surface area contributed by atoms with Crippen LogP contribution in [0.1, 0.15) is 54.2 Å². The van der Waals surface area contributed by atoms with Gasteiger partial charge in [0.05, 0.1) is 11.3 Å². The van der Waals surface area contributed by atoms with Gasteiger partial charge in [-0.15, -0.1) is 0 Å². The SMILES string of the molecule is CC1(c2ccc(Cl)cc2)CC(C)(C)N2C(=O)/C(=C/C(=O)c3cc4c(ccc5ccccc54)oc3=O)c3cccc1c32. The lowest BCUT2D eigenvalue weighted by Crippen LogP contribution is -2.54. The first kappa shape index (κ1) is 25.5. The van der Waals surface area contributed by atoms with Crippen molar-refractivity contribution < 1.29 is 14.0 Å². The molecule has 0 saturated carbocycles. The number of para-hydroxylation sites is 1.